The van der Waals surface area contributed by atoms with Crippen molar-refractivity contribution < 1.29 is 13.9 Å². The van der Waals surface area contributed by atoms with Crippen molar-refractivity contribution in [2.75, 3.05) is 45.3 Å². The molecule has 0 unspecified atom stereocenters. The van der Waals surface area contributed by atoms with Crippen molar-refractivity contribution in [1.29, 1.82) is 0 Å². The molecule has 152 valence electrons. The maximum absolute atomic E-state index is 13.1. The van der Waals surface area contributed by atoms with Crippen molar-refractivity contribution in [2.45, 2.75) is 6.54 Å². The third kappa shape index (κ3) is 5.37. The van der Waals surface area contributed by atoms with E-state index in [1.54, 1.807) is 32.4 Å². The number of aromatic nitrogens is 1. The molecule has 1 aliphatic heterocycles. The Morgan fingerprint density at radius 3 is 2.36 bits per heavy atom. The lowest BCUT2D eigenvalue weighted by molar-refractivity contribution is 0.361. The maximum Gasteiger partial charge on any atom is 0.221 e. The zero-order chi connectivity index (χ0) is 19.2. The fourth-order valence-electron chi connectivity index (χ4n) is 2.97. The van der Waals surface area contributed by atoms with Gasteiger partial charge in [-0.2, -0.15) is 4.98 Å². The normalized spacial score (nSPS) is 14.5. The molecule has 0 aliphatic carbocycles. The molecule has 1 aromatic carbocycles. The summed E-state index contributed by atoms with van der Waals surface area (Å²) in [5.41, 5.74) is 8.02. The average Bonchev–Trinajstić information content (AvgIpc) is 2.72. The van der Waals surface area contributed by atoms with Crippen LogP contribution in [0, 0.1) is 5.82 Å². The summed E-state index contributed by atoms with van der Waals surface area (Å²) in [6.07, 6.45) is 0. The van der Waals surface area contributed by atoms with Crippen molar-refractivity contribution in [3.8, 4) is 11.8 Å². The Balaban J connectivity index is 0.00000280. The molecule has 7 nitrogen and oxygen atoms in total. The minimum absolute atomic E-state index is 0. The molecule has 2 aromatic rings. The molecule has 0 spiro atoms. The zero-order valence-electron chi connectivity index (χ0n) is 16.0. The topological polar surface area (TPSA) is 76.2 Å². The van der Waals surface area contributed by atoms with Crippen molar-refractivity contribution in [3.63, 3.8) is 0 Å². The highest BCUT2D eigenvalue weighted by Crippen LogP contribution is 2.21. The molecule has 2 N–H and O–H groups in total. The predicted octanol–water partition coefficient (Wildman–Crippen LogP) is 2.49. The molecular formula is C19H25FIN5O2. The first kappa shape index (κ1) is 22.0. The van der Waals surface area contributed by atoms with Crippen LogP contribution in [0.1, 0.15) is 5.56 Å². The second-order valence-electron chi connectivity index (χ2n) is 6.15. The largest absolute Gasteiger partial charge is 0.481 e. The number of anilines is 1. The van der Waals surface area contributed by atoms with Gasteiger partial charge in [-0.1, -0.05) is 0 Å². The highest BCUT2D eigenvalue weighted by Gasteiger charge is 2.18. The van der Waals surface area contributed by atoms with Crippen LogP contribution < -0.4 is 20.1 Å². The maximum atomic E-state index is 13.1. The van der Waals surface area contributed by atoms with Crippen LogP contribution in [0.3, 0.4) is 0 Å². The SMILES string of the molecule is COc1ccc(CN=C(N)N2CCN(c3ccc(F)cc3)CC2)c(OC)n1.I. The number of piperazine rings is 1. The van der Waals surface area contributed by atoms with E-state index in [1.807, 2.05) is 11.0 Å². The number of hydrogen-bond acceptors (Lipinski definition) is 5. The Bertz CT molecular complexity index is 795. The Labute approximate surface area is 181 Å². The van der Waals surface area contributed by atoms with E-state index in [4.69, 9.17) is 15.2 Å². The first-order valence-corrected chi connectivity index (χ1v) is 8.74. The zero-order valence-corrected chi connectivity index (χ0v) is 18.3. The van der Waals surface area contributed by atoms with Crippen LogP contribution >= 0.6 is 24.0 Å². The minimum Gasteiger partial charge on any atom is -0.481 e. The summed E-state index contributed by atoms with van der Waals surface area (Å²) in [7, 11) is 3.12. The standard InChI is InChI=1S/C19H24FN5O2.HI/c1-26-17-8-3-14(18(23-17)27-2)13-22-19(21)25-11-9-24(10-12-25)16-6-4-15(20)5-7-16;/h3-8H,9-13H2,1-2H3,(H2,21,22);1H. The first-order chi connectivity index (χ1) is 13.1. The third-order valence-electron chi connectivity index (χ3n) is 4.52. The molecule has 0 atom stereocenters. The molecule has 0 saturated carbocycles. The Kier molecular flexibility index (Phi) is 8.09. The van der Waals surface area contributed by atoms with Gasteiger partial charge in [-0.05, 0) is 30.3 Å². The van der Waals surface area contributed by atoms with Crippen LogP contribution in [0.15, 0.2) is 41.4 Å². The van der Waals surface area contributed by atoms with Crippen LogP contribution in [0.5, 0.6) is 11.8 Å². The number of halogens is 2. The summed E-state index contributed by atoms with van der Waals surface area (Å²) < 4.78 is 23.5. The minimum atomic E-state index is -0.225. The number of rotatable bonds is 5. The van der Waals surface area contributed by atoms with Crippen molar-refractivity contribution in [3.05, 3.63) is 47.8 Å². The molecule has 1 saturated heterocycles. The van der Waals surface area contributed by atoms with Gasteiger partial charge >= 0.3 is 0 Å². The fourth-order valence-corrected chi connectivity index (χ4v) is 2.97. The number of aliphatic imine (C=N–C) groups is 1. The number of nitrogens with two attached hydrogens (primary N) is 1. The smallest absolute Gasteiger partial charge is 0.221 e. The summed E-state index contributed by atoms with van der Waals surface area (Å²) >= 11 is 0. The summed E-state index contributed by atoms with van der Waals surface area (Å²) in [6, 6.07) is 10.2. The highest BCUT2D eigenvalue weighted by atomic mass is 127. The van der Waals surface area contributed by atoms with E-state index in [0.29, 0.717) is 24.3 Å². The molecule has 1 fully saturated rings. The van der Waals surface area contributed by atoms with Gasteiger partial charge in [0.1, 0.15) is 5.82 Å². The van der Waals surface area contributed by atoms with Gasteiger partial charge in [-0.15, -0.1) is 24.0 Å². The summed E-state index contributed by atoms with van der Waals surface area (Å²) in [4.78, 5) is 13.0. The summed E-state index contributed by atoms with van der Waals surface area (Å²) in [5, 5.41) is 0. The molecule has 0 bridgehead atoms. The monoisotopic (exact) mass is 501 g/mol. The van der Waals surface area contributed by atoms with Crippen LogP contribution in [-0.2, 0) is 6.54 Å². The van der Waals surface area contributed by atoms with E-state index in [2.05, 4.69) is 14.9 Å². The quantitative estimate of drug-likeness (QED) is 0.386. The van der Waals surface area contributed by atoms with E-state index in [9.17, 15) is 4.39 Å². The molecule has 0 amide bonds. The lowest BCUT2D eigenvalue weighted by Gasteiger charge is -2.36. The lowest BCUT2D eigenvalue weighted by atomic mass is 10.2. The Hall–Kier alpha value is -2.30. The molecule has 1 aromatic heterocycles. The second-order valence-corrected chi connectivity index (χ2v) is 6.15. The summed E-state index contributed by atoms with van der Waals surface area (Å²) in [6.45, 7) is 3.49. The molecule has 9 heteroatoms. The van der Waals surface area contributed by atoms with Crippen LogP contribution in [0.4, 0.5) is 10.1 Å². The number of guanidine groups is 1. The van der Waals surface area contributed by atoms with Crippen molar-refractivity contribution >= 4 is 35.6 Å². The van der Waals surface area contributed by atoms with Gasteiger partial charge in [0.15, 0.2) is 5.96 Å². The number of methoxy groups -OCH3 is 2. The third-order valence-corrected chi connectivity index (χ3v) is 4.52. The lowest BCUT2D eigenvalue weighted by Crippen LogP contribution is -2.51. The Morgan fingerprint density at radius 2 is 1.75 bits per heavy atom. The van der Waals surface area contributed by atoms with E-state index in [1.165, 1.54) is 12.1 Å². The van der Waals surface area contributed by atoms with E-state index >= 15 is 0 Å². The van der Waals surface area contributed by atoms with Gasteiger partial charge in [0, 0.05) is 43.5 Å². The highest BCUT2D eigenvalue weighted by molar-refractivity contribution is 14.0. The molecule has 3 rings (SSSR count). The molecule has 2 heterocycles. The van der Waals surface area contributed by atoms with Gasteiger partial charge in [0.2, 0.25) is 11.8 Å². The number of nitrogens with zero attached hydrogens (tertiary/aromatic N) is 4. The number of pyridine rings is 1. The summed E-state index contributed by atoms with van der Waals surface area (Å²) in [5.74, 6) is 1.24. The van der Waals surface area contributed by atoms with E-state index in [-0.39, 0.29) is 29.8 Å². The van der Waals surface area contributed by atoms with E-state index < -0.39 is 0 Å². The van der Waals surface area contributed by atoms with Crippen molar-refractivity contribution in [1.82, 2.24) is 9.88 Å². The van der Waals surface area contributed by atoms with Gasteiger partial charge in [-0.25, -0.2) is 9.38 Å². The van der Waals surface area contributed by atoms with Gasteiger partial charge < -0.3 is 25.0 Å². The predicted molar refractivity (Wildman–Crippen MR) is 118 cm³/mol. The Morgan fingerprint density at radius 1 is 1.07 bits per heavy atom. The number of benzene rings is 1. The molecule has 0 radical (unpaired) electrons. The van der Waals surface area contributed by atoms with Crippen LogP contribution in [0.25, 0.3) is 0 Å². The van der Waals surface area contributed by atoms with Crippen molar-refractivity contribution in [2.24, 2.45) is 10.7 Å². The number of hydrogen-bond donors (Lipinski definition) is 1. The molecular weight excluding hydrogens is 476 g/mol. The average molecular weight is 501 g/mol. The van der Waals surface area contributed by atoms with Gasteiger partial charge in [0.25, 0.3) is 0 Å². The molecule has 28 heavy (non-hydrogen) atoms. The van der Waals surface area contributed by atoms with Gasteiger partial charge in [0.05, 0.1) is 20.8 Å². The fraction of sp³-hybridized carbons (Fsp3) is 0.368. The molecule has 1 aliphatic rings. The second kappa shape index (κ2) is 10.3. The first-order valence-electron chi connectivity index (χ1n) is 8.74. The van der Waals surface area contributed by atoms with E-state index in [0.717, 1.165) is 37.4 Å². The van der Waals surface area contributed by atoms with Crippen LogP contribution in [-0.4, -0.2) is 56.2 Å². The van der Waals surface area contributed by atoms with Gasteiger partial charge in [-0.3, -0.25) is 0 Å². The number of ether oxygens (including phenoxy) is 2. The van der Waals surface area contributed by atoms with Crippen LogP contribution in [0.2, 0.25) is 0 Å².